The number of piperidine rings is 1. The van der Waals surface area contributed by atoms with Gasteiger partial charge in [-0.05, 0) is 50.5 Å². The summed E-state index contributed by atoms with van der Waals surface area (Å²) < 4.78 is 5.71. The lowest BCUT2D eigenvalue weighted by Crippen LogP contribution is -2.53. The summed E-state index contributed by atoms with van der Waals surface area (Å²) in [5, 5.41) is 0. The minimum Gasteiger partial charge on any atom is -0.381 e. The van der Waals surface area contributed by atoms with E-state index in [0.717, 1.165) is 38.0 Å². The summed E-state index contributed by atoms with van der Waals surface area (Å²) in [6.07, 6.45) is 7.91. The highest BCUT2D eigenvalue weighted by Gasteiger charge is 2.50. The number of nitrogens with zero attached hydrogens (tertiary/aromatic N) is 1. The maximum Gasteiger partial charge on any atom is 0.120 e. The van der Waals surface area contributed by atoms with E-state index >= 15 is 0 Å². The molecule has 0 aromatic rings. The molecule has 3 heteroatoms. The van der Waals surface area contributed by atoms with Crippen LogP contribution in [-0.4, -0.2) is 43.5 Å². The highest BCUT2D eigenvalue weighted by molar-refractivity contribution is 5.53. The van der Waals surface area contributed by atoms with Crippen LogP contribution in [0.25, 0.3) is 0 Å². The van der Waals surface area contributed by atoms with Gasteiger partial charge in [-0.2, -0.15) is 0 Å². The molecule has 3 aliphatic rings. The first-order chi connectivity index (χ1) is 10.1. The number of aldehydes is 1. The normalized spacial score (nSPS) is 40.9. The average molecular weight is 291 g/mol. The van der Waals surface area contributed by atoms with Crippen LogP contribution in [0.2, 0.25) is 0 Å². The molecule has 3 nitrogen and oxygen atoms in total. The smallest absolute Gasteiger partial charge is 0.120 e. The van der Waals surface area contributed by atoms with Gasteiger partial charge in [-0.3, -0.25) is 4.90 Å². The monoisotopic (exact) mass is 291 g/mol. The Kier molecular flexibility index (Phi) is 4.24. The molecule has 2 saturated carbocycles. The third kappa shape index (κ3) is 2.70. The second-order valence-electron chi connectivity index (χ2n) is 7.47. The predicted molar refractivity (Wildman–Crippen MR) is 84.2 cm³/mol. The van der Waals surface area contributed by atoms with Gasteiger partial charge in [-0.1, -0.05) is 19.1 Å². The number of methoxy groups -OCH3 is 1. The molecule has 118 valence electrons. The zero-order chi connectivity index (χ0) is 15.0. The molecule has 0 radical (unpaired) electrons. The average Bonchev–Trinajstić information content (AvgIpc) is 3.28. The van der Waals surface area contributed by atoms with Gasteiger partial charge in [-0.25, -0.2) is 0 Å². The van der Waals surface area contributed by atoms with Crippen LogP contribution in [0.1, 0.15) is 45.4 Å². The van der Waals surface area contributed by atoms with E-state index in [1.54, 1.807) is 0 Å². The first kappa shape index (κ1) is 15.2. The first-order valence-corrected chi connectivity index (χ1v) is 8.49. The van der Waals surface area contributed by atoms with Crippen LogP contribution in [0, 0.1) is 17.3 Å². The molecular weight excluding hydrogens is 262 g/mol. The first-order valence-electron chi connectivity index (χ1n) is 8.49. The van der Waals surface area contributed by atoms with Gasteiger partial charge >= 0.3 is 0 Å². The topological polar surface area (TPSA) is 29.5 Å². The van der Waals surface area contributed by atoms with E-state index in [4.69, 9.17) is 4.74 Å². The van der Waals surface area contributed by atoms with Crippen LogP contribution in [0.4, 0.5) is 0 Å². The number of likely N-dealkylation sites (tertiary alicyclic amines) is 1. The Morgan fingerprint density at radius 1 is 1.48 bits per heavy atom. The van der Waals surface area contributed by atoms with E-state index in [1.807, 2.05) is 7.11 Å². The van der Waals surface area contributed by atoms with Crippen molar-refractivity contribution in [2.45, 2.75) is 57.6 Å². The van der Waals surface area contributed by atoms with Crippen molar-refractivity contribution in [3.05, 3.63) is 12.2 Å². The van der Waals surface area contributed by atoms with E-state index in [-0.39, 0.29) is 11.5 Å². The van der Waals surface area contributed by atoms with E-state index in [1.165, 1.54) is 25.0 Å². The summed E-state index contributed by atoms with van der Waals surface area (Å²) in [6, 6.07) is 0.545. The van der Waals surface area contributed by atoms with Crippen LogP contribution in [-0.2, 0) is 9.53 Å². The highest BCUT2D eigenvalue weighted by atomic mass is 16.5. The molecule has 2 bridgehead atoms. The lowest BCUT2D eigenvalue weighted by atomic mass is 9.62. The van der Waals surface area contributed by atoms with Crippen LogP contribution in [0.15, 0.2) is 12.2 Å². The third-order valence-electron chi connectivity index (χ3n) is 6.42. The van der Waals surface area contributed by atoms with E-state index in [0.29, 0.717) is 18.4 Å². The summed E-state index contributed by atoms with van der Waals surface area (Å²) in [4.78, 5) is 14.0. The summed E-state index contributed by atoms with van der Waals surface area (Å²) in [5.41, 5.74) is 1.27. The Hall–Kier alpha value is -0.670. The van der Waals surface area contributed by atoms with Crippen molar-refractivity contribution in [3.8, 4) is 0 Å². The van der Waals surface area contributed by atoms with Crippen LogP contribution < -0.4 is 0 Å². The van der Waals surface area contributed by atoms with Crippen molar-refractivity contribution in [1.29, 1.82) is 0 Å². The Balaban J connectivity index is 1.88. The van der Waals surface area contributed by atoms with Crippen molar-refractivity contribution < 1.29 is 9.53 Å². The van der Waals surface area contributed by atoms with E-state index in [9.17, 15) is 4.79 Å². The maximum atomic E-state index is 11.3. The van der Waals surface area contributed by atoms with Crippen molar-refractivity contribution in [2.75, 3.05) is 20.2 Å². The van der Waals surface area contributed by atoms with Crippen molar-refractivity contribution in [2.24, 2.45) is 17.3 Å². The van der Waals surface area contributed by atoms with Crippen LogP contribution in [0.5, 0.6) is 0 Å². The molecule has 0 aromatic heterocycles. The lowest BCUT2D eigenvalue weighted by molar-refractivity contribution is -0.111. The van der Waals surface area contributed by atoms with E-state index < -0.39 is 0 Å². The number of carbonyl (C=O) groups is 1. The highest BCUT2D eigenvalue weighted by Crippen LogP contribution is 2.52. The Morgan fingerprint density at radius 3 is 2.86 bits per heavy atom. The molecular formula is C18H29NO2. The molecule has 4 atom stereocenters. The minimum atomic E-state index is 0.0136. The zero-order valence-electron chi connectivity index (χ0n) is 13.5. The van der Waals surface area contributed by atoms with Gasteiger partial charge in [0, 0.05) is 31.5 Å². The quantitative estimate of drug-likeness (QED) is 0.576. The number of carbonyl (C=O) groups excluding carboxylic acids is 1. The van der Waals surface area contributed by atoms with Gasteiger partial charge in [0.1, 0.15) is 6.29 Å². The molecule has 1 aliphatic heterocycles. The fourth-order valence-corrected chi connectivity index (χ4v) is 4.72. The molecule has 0 aromatic carbocycles. The Labute approximate surface area is 128 Å². The van der Waals surface area contributed by atoms with Gasteiger partial charge < -0.3 is 9.53 Å². The molecule has 0 spiro atoms. The molecule has 3 fully saturated rings. The van der Waals surface area contributed by atoms with Gasteiger partial charge in [-0.15, -0.1) is 0 Å². The number of ether oxygens (including phenoxy) is 1. The van der Waals surface area contributed by atoms with Gasteiger partial charge in [0.05, 0.1) is 6.10 Å². The number of hydrogen-bond donors (Lipinski definition) is 0. The van der Waals surface area contributed by atoms with Gasteiger partial charge in [0.25, 0.3) is 0 Å². The van der Waals surface area contributed by atoms with Crippen molar-refractivity contribution >= 4 is 6.29 Å². The van der Waals surface area contributed by atoms with Crippen molar-refractivity contribution in [1.82, 2.24) is 4.90 Å². The number of fused-ring (bicyclic) bond motifs is 2. The summed E-state index contributed by atoms with van der Waals surface area (Å²) in [5.74, 6) is 1.42. The van der Waals surface area contributed by atoms with Gasteiger partial charge in [0.2, 0.25) is 0 Å². The SMILES string of the molecule is C=C1CC(OC)C[C@@H]2[C@H](C)[C@@]1(CC=O)CCN2CC1CC1. The molecule has 1 saturated heterocycles. The Morgan fingerprint density at radius 2 is 2.24 bits per heavy atom. The van der Waals surface area contributed by atoms with Crippen LogP contribution in [0.3, 0.4) is 0 Å². The molecule has 21 heavy (non-hydrogen) atoms. The fraction of sp³-hybridized carbons (Fsp3) is 0.833. The molecule has 0 N–H and O–H groups in total. The molecule has 1 heterocycles. The molecule has 2 aliphatic carbocycles. The maximum absolute atomic E-state index is 11.3. The van der Waals surface area contributed by atoms with Crippen molar-refractivity contribution in [3.63, 3.8) is 0 Å². The summed E-state index contributed by atoms with van der Waals surface area (Å²) >= 11 is 0. The summed E-state index contributed by atoms with van der Waals surface area (Å²) in [6.45, 7) is 9.08. The predicted octanol–water partition coefficient (Wildman–Crippen LogP) is 3.05. The molecule has 3 rings (SSSR count). The second kappa shape index (κ2) is 5.85. The standard InChI is InChI=1S/C18H29NO2/c1-13-10-16(21-3)11-17-14(2)18(13,7-9-20)6-8-19(17)12-15-4-5-15/h9,14-17H,1,4-8,10-12H2,2-3H3/t14-,16?,17+,18+/m0/s1. The minimum absolute atomic E-state index is 0.0136. The lowest BCUT2D eigenvalue weighted by Gasteiger charge is -2.51. The molecule has 0 amide bonds. The zero-order valence-corrected chi connectivity index (χ0v) is 13.5. The fourth-order valence-electron chi connectivity index (χ4n) is 4.72. The second-order valence-corrected chi connectivity index (χ2v) is 7.47. The number of rotatable bonds is 5. The number of hydrogen-bond acceptors (Lipinski definition) is 3. The van der Waals surface area contributed by atoms with E-state index in [2.05, 4.69) is 18.4 Å². The largest absolute Gasteiger partial charge is 0.381 e. The van der Waals surface area contributed by atoms with Gasteiger partial charge in [0.15, 0.2) is 0 Å². The molecule has 1 unspecified atom stereocenters. The van der Waals surface area contributed by atoms with Crippen LogP contribution >= 0.6 is 0 Å². The summed E-state index contributed by atoms with van der Waals surface area (Å²) in [7, 11) is 1.81. The third-order valence-corrected chi connectivity index (χ3v) is 6.42. The Bertz CT molecular complexity index is 417.